The van der Waals surface area contributed by atoms with E-state index in [1.807, 2.05) is 6.07 Å². The van der Waals surface area contributed by atoms with Gasteiger partial charge in [-0.1, -0.05) is 0 Å². The molecule has 0 aromatic carbocycles. The first kappa shape index (κ1) is 11.0. The number of hydrogen-bond donors (Lipinski definition) is 3. The van der Waals surface area contributed by atoms with Crippen LogP contribution in [0.1, 0.15) is 12.1 Å². The Kier molecular flexibility index (Phi) is 4.42. The predicted molar refractivity (Wildman–Crippen MR) is 57.7 cm³/mol. The summed E-state index contributed by atoms with van der Waals surface area (Å²) in [6, 6.07) is 3.65. The Morgan fingerprint density at radius 3 is 3.07 bits per heavy atom. The molecule has 0 bridgehead atoms. The van der Waals surface area contributed by atoms with Gasteiger partial charge >= 0.3 is 0 Å². The van der Waals surface area contributed by atoms with Crippen molar-refractivity contribution in [2.45, 2.75) is 11.3 Å². The molecule has 0 radical (unpaired) electrons. The van der Waals surface area contributed by atoms with Crippen LogP contribution in [-0.4, -0.2) is 28.3 Å². The van der Waals surface area contributed by atoms with E-state index in [1.165, 1.54) is 0 Å². The molecule has 0 saturated heterocycles. The van der Waals surface area contributed by atoms with Gasteiger partial charge in [-0.15, -0.1) is 11.8 Å². The molecule has 4 N–H and O–H groups in total. The van der Waals surface area contributed by atoms with Gasteiger partial charge in [0.1, 0.15) is 11.5 Å². The minimum absolute atomic E-state index is 0.0189. The number of rotatable bonds is 5. The topological polar surface area (TPSA) is 83.0 Å². The summed E-state index contributed by atoms with van der Waals surface area (Å²) < 4.78 is 0. The first-order valence-electron chi connectivity index (χ1n) is 4.28. The zero-order valence-corrected chi connectivity index (χ0v) is 8.55. The van der Waals surface area contributed by atoms with Crippen LogP contribution in [0, 0.1) is 5.41 Å². The molecule has 0 unspecified atom stereocenters. The SMILES string of the molecule is N=C(N)c1cc(SCCCO)ccn1. The zero-order valence-electron chi connectivity index (χ0n) is 7.73. The molecule has 76 valence electrons. The van der Waals surface area contributed by atoms with Crippen molar-refractivity contribution in [3.05, 3.63) is 24.0 Å². The normalized spacial score (nSPS) is 10.1. The van der Waals surface area contributed by atoms with E-state index in [-0.39, 0.29) is 12.4 Å². The molecule has 0 spiro atoms. The number of thioether (sulfide) groups is 1. The number of aliphatic hydroxyl groups excluding tert-OH is 1. The maximum atomic E-state index is 8.61. The highest BCUT2D eigenvalue weighted by atomic mass is 32.2. The van der Waals surface area contributed by atoms with Crippen LogP contribution in [0.4, 0.5) is 0 Å². The molecular formula is C9H13N3OS. The zero-order chi connectivity index (χ0) is 10.4. The van der Waals surface area contributed by atoms with Crippen molar-refractivity contribution in [3.8, 4) is 0 Å². The average Bonchev–Trinajstić information content (AvgIpc) is 2.19. The number of hydrogen-bond acceptors (Lipinski definition) is 4. The summed E-state index contributed by atoms with van der Waals surface area (Å²) in [5.41, 5.74) is 5.81. The van der Waals surface area contributed by atoms with Gasteiger partial charge in [0, 0.05) is 23.5 Å². The summed E-state index contributed by atoms with van der Waals surface area (Å²) in [5.74, 6) is 0.840. The highest BCUT2D eigenvalue weighted by Crippen LogP contribution is 2.18. The van der Waals surface area contributed by atoms with E-state index in [4.69, 9.17) is 16.2 Å². The van der Waals surface area contributed by atoms with Crippen LogP contribution in [0.2, 0.25) is 0 Å². The van der Waals surface area contributed by atoms with E-state index >= 15 is 0 Å². The fourth-order valence-corrected chi connectivity index (χ4v) is 1.76. The van der Waals surface area contributed by atoms with Gasteiger partial charge in [0.15, 0.2) is 0 Å². The Morgan fingerprint density at radius 2 is 2.43 bits per heavy atom. The molecule has 4 nitrogen and oxygen atoms in total. The van der Waals surface area contributed by atoms with Crippen LogP contribution in [0.5, 0.6) is 0 Å². The number of amidine groups is 1. The average molecular weight is 211 g/mol. The minimum atomic E-state index is -0.0189. The predicted octanol–water partition coefficient (Wildman–Crippen LogP) is 0.840. The quantitative estimate of drug-likeness (QED) is 0.292. The molecule has 1 rings (SSSR count). The van der Waals surface area contributed by atoms with Gasteiger partial charge in [0.25, 0.3) is 0 Å². The second-order valence-corrected chi connectivity index (χ2v) is 3.88. The lowest BCUT2D eigenvalue weighted by Crippen LogP contribution is -2.12. The molecule has 0 saturated carbocycles. The summed E-state index contributed by atoms with van der Waals surface area (Å²) in [5, 5.41) is 15.8. The molecule has 0 amide bonds. The summed E-state index contributed by atoms with van der Waals surface area (Å²) in [6.07, 6.45) is 2.40. The van der Waals surface area contributed by atoms with Gasteiger partial charge in [-0.3, -0.25) is 10.4 Å². The molecule has 1 aromatic rings. The molecule has 0 atom stereocenters. The number of nitrogen functional groups attached to an aromatic ring is 1. The van der Waals surface area contributed by atoms with Crippen LogP contribution in [-0.2, 0) is 0 Å². The van der Waals surface area contributed by atoms with Crippen molar-refractivity contribution >= 4 is 17.6 Å². The van der Waals surface area contributed by atoms with Gasteiger partial charge in [-0.25, -0.2) is 0 Å². The largest absolute Gasteiger partial charge is 0.396 e. The van der Waals surface area contributed by atoms with Crippen molar-refractivity contribution < 1.29 is 5.11 Å². The minimum Gasteiger partial charge on any atom is -0.396 e. The number of pyridine rings is 1. The number of nitrogens with one attached hydrogen (secondary N) is 1. The highest BCUT2D eigenvalue weighted by Gasteiger charge is 2.00. The monoisotopic (exact) mass is 211 g/mol. The Labute approximate surface area is 87.1 Å². The van der Waals surface area contributed by atoms with E-state index in [1.54, 1.807) is 24.0 Å². The van der Waals surface area contributed by atoms with Gasteiger partial charge < -0.3 is 10.8 Å². The van der Waals surface area contributed by atoms with Gasteiger partial charge in [-0.2, -0.15) is 0 Å². The Morgan fingerprint density at radius 1 is 1.64 bits per heavy atom. The molecule has 14 heavy (non-hydrogen) atoms. The smallest absolute Gasteiger partial charge is 0.141 e. The van der Waals surface area contributed by atoms with E-state index in [2.05, 4.69) is 4.98 Å². The van der Waals surface area contributed by atoms with E-state index in [0.717, 1.165) is 17.1 Å². The number of nitrogens with two attached hydrogens (primary N) is 1. The number of aromatic nitrogens is 1. The molecule has 0 fully saturated rings. The third kappa shape index (κ3) is 3.35. The van der Waals surface area contributed by atoms with Gasteiger partial charge in [0.05, 0.1) is 0 Å². The number of aliphatic hydroxyl groups is 1. The lowest BCUT2D eigenvalue weighted by atomic mass is 10.3. The fraction of sp³-hybridized carbons (Fsp3) is 0.333. The van der Waals surface area contributed by atoms with Crippen LogP contribution in [0.25, 0.3) is 0 Å². The summed E-state index contributed by atoms with van der Waals surface area (Å²) >= 11 is 1.62. The summed E-state index contributed by atoms with van der Waals surface area (Å²) in [4.78, 5) is 4.98. The van der Waals surface area contributed by atoms with Crippen LogP contribution >= 0.6 is 11.8 Å². The third-order valence-electron chi connectivity index (χ3n) is 1.58. The highest BCUT2D eigenvalue weighted by molar-refractivity contribution is 7.99. The van der Waals surface area contributed by atoms with Crippen molar-refractivity contribution in [3.63, 3.8) is 0 Å². The van der Waals surface area contributed by atoms with Crippen molar-refractivity contribution in [1.29, 1.82) is 5.41 Å². The van der Waals surface area contributed by atoms with E-state index in [9.17, 15) is 0 Å². The number of nitrogens with zero attached hydrogens (tertiary/aromatic N) is 1. The molecule has 1 heterocycles. The molecule has 0 aliphatic heterocycles. The Hall–Kier alpha value is -1.07. The van der Waals surface area contributed by atoms with E-state index < -0.39 is 0 Å². The molecular weight excluding hydrogens is 198 g/mol. The van der Waals surface area contributed by atoms with E-state index in [0.29, 0.717) is 5.69 Å². The fourth-order valence-electron chi connectivity index (χ4n) is 0.903. The van der Waals surface area contributed by atoms with Gasteiger partial charge in [-0.05, 0) is 18.6 Å². The maximum Gasteiger partial charge on any atom is 0.141 e. The summed E-state index contributed by atoms with van der Waals surface area (Å²) in [7, 11) is 0. The second kappa shape index (κ2) is 5.62. The van der Waals surface area contributed by atoms with Crippen LogP contribution in [0.3, 0.4) is 0 Å². The molecule has 5 heteroatoms. The summed E-state index contributed by atoms with van der Waals surface area (Å²) in [6.45, 7) is 0.206. The van der Waals surface area contributed by atoms with Crippen LogP contribution < -0.4 is 5.73 Å². The lowest BCUT2D eigenvalue weighted by molar-refractivity contribution is 0.296. The second-order valence-electron chi connectivity index (χ2n) is 2.72. The third-order valence-corrected chi connectivity index (χ3v) is 2.66. The lowest BCUT2D eigenvalue weighted by Gasteiger charge is -2.02. The van der Waals surface area contributed by atoms with Crippen molar-refractivity contribution in [2.75, 3.05) is 12.4 Å². The maximum absolute atomic E-state index is 8.61. The Bertz CT molecular complexity index is 317. The first-order valence-corrected chi connectivity index (χ1v) is 5.26. The van der Waals surface area contributed by atoms with Crippen molar-refractivity contribution in [1.82, 2.24) is 4.98 Å². The molecule has 0 aliphatic rings. The first-order chi connectivity index (χ1) is 6.74. The standard InChI is InChI=1S/C9H13N3OS/c10-9(11)8-6-7(2-3-12-8)14-5-1-4-13/h2-3,6,13H,1,4-5H2,(H3,10,11). The van der Waals surface area contributed by atoms with Crippen LogP contribution in [0.15, 0.2) is 23.2 Å². The Balaban J connectivity index is 2.59. The molecule has 1 aromatic heterocycles. The molecule has 0 aliphatic carbocycles. The van der Waals surface area contributed by atoms with Crippen molar-refractivity contribution in [2.24, 2.45) is 5.73 Å². The van der Waals surface area contributed by atoms with Gasteiger partial charge in [0.2, 0.25) is 0 Å².